The predicted octanol–water partition coefficient (Wildman–Crippen LogP) is 2.39. The Bertz CT molecular complexity index is 314. The monoisotopic (exact) mass is 282 g/mol. The van der Waals surface area contributed by atoms with E-state index in [0.717, 1.165) is 25.7 Å². The lowest BCUT2D eigenvalue weighted by molar-refractivity contribution is -0.149. The van der Waals surface area contributed by atoms with E-state index in [2.05, 4.69) is 0 Å². The van der Waals surface area contributed by atoms with Crippen LogP contribution in [0.25, 0.3) is 0 Å². The number of carbonyl (C=O) groups is 1. The zero-order valence-corrected chi connectivity index (χ0v) is 10.8. The van der Waals surface area contributed by atoms with Crippen LogP contribution in [-0.4, -0.2) is 34.6 Å². The van der Waals surface area contributed by atoms with Crippen LogP contribution in [0.2, 0.25) is 0 Å². The second-order valence-electron chi connectivity index (χ2n) is 4.54. The van der Waals surface area contributed by atoms with Crippen molar-refractivity contribution in [2.45, 2.75) is 50.7 Å². The fraction of sp³-hybridized carbons (Fsp3) is 0.818. The van der Waals surface area contributed by atoms with Crippen molar-refractivity contribution in [3.05, 3.63) is 0 Å². The van der Waals surface area contributed by atoms with Crippen molar-refractivity contribution in [3.63, 3.8) is 0 Å². The van der Waals surface area contributed by atoms with Gasteiger partial charge in [0.2, 0.25) is 5.91 Å². The van der Waals surface area contributed by atoms with Gasteiger partial charge in [0.1, 0.15) is 0 Å². The lowest BCUT2D eigenvalue weighted by Gasteiger charge is -2.28. The summed E-state index contributed by atoms with van der Waals surface area (Å²) < 4.78 is 36.3. The predicted molar refractivity (Wildman–Crippen MR) is 66.0 cm³/mol. The second-order valence-corrected chi connectivity index (χ2v) is 5.07. The minimum absolute atomic E-state index is 0.00719. The molecule has 0 unspecified atom stereocenters. The van der Waals surface area contributed by atoms with Gasteiger partial charge in [-0.25, -0.2) is 0 Å². The molecule has 1 rings (SSSR count). The van der Waals surface area contributed by atoms with Crippen LogP contribution in [0.3, 0.4) is 0 Å². The molecule has 7 heteroatoms. The maximum absolute atomic E-state index is 12.1. The number of alkyl halides is 3. The molecule has 3 nitrogen and oxygen atoms in total. The summed E-state index contributed by atoms with van der Waals surface area (Å²) >= 11 is 4.75. The Balaban J connectivity index is 2.58. The topological polar surface area (TPSA) is 46.3 Å². The minimum atomic E-state index is -4.31. The Labute approximate surface area is 109 Å². The van der Waals surface area contributed by atoms with E-state index < -0.39 is 24.9 Å². The fourth-order valence-electron chi connectivity index (χ4n) is 2.20. The molecule has 18 heavy (non-hydrogen) atoms. The number of halogens is 3. The number of nitrogens with two attached hydrogens (primary N) is 1. The van der Waals surface area contributed by atoms with E-state index >= 15 is 0 Å². The van der Waals surface area contributed by atoms with E-state index in [-0.39, 0.29) is 17.6 Å². The summed E-state index contributed by atoms with van der Waals surface area (Å²) in [5, 5.41) is 0. The van der Waals surface area contributed by atoms with Gasteiger partial charge in [-0.2, -0.15) is 13.2 Å². The summed E-state index contributed by atoms with van der Waals surface area (Å²) in [4.78, 5) is 13.4. The number of thiocarbonyl (C=S) groups is 1. The van der Waals surface area contributed by atoms with Crippen LogP contribution in [-0.2, 0) is 4.79 Å². The van der Waals surface area contributed by atoms with Gasteiger partial charge in [0, 0.05) is 12.5 Å². The minimum Gasteiger partial charge on any atom is -0.392 e. The molecule has 0 aromatic heterocycles. The normalized spacial score (nSPS) is 16.8. The van der Waals surface area contributed by atoms with Crippen molar-refractivity contribution >= 4 is 23.1 Å². The average molecular weight is 282 g/mol. The van der Waals surface area contributed by atoms with Crippen LogP contribution in [0.15, 0.2) is 0 Å². The zero-order valence-electron chi connectivity index (χ0n) is 10.0. The van der Waals surface area contributed by atoms with E-state index in [1.54, 1.807) is 0 Å². The highest BCUT2D eigenvalue weighted by Crippen LogP contribution is 2.26. The van der Waals surface area contributed by atoms with Gasteiger partial charge in [0.05, 0.1) is 18.0 Å². The van der Waals surface area contributed by atoms with Crippen molar-refractivity contribution in [3.8, 4) is 0 Å². The molecule has 1 aliphatic carbocycles. The SMILES string of the molecule is NC(=S)CN(C(=O)CCC(F)(F)F)C1CCCC1. The maximum Gasteiger partial charge on any atom is 0.389 e. The summed E-state index contributed by atoms with van der Waals surface area (Å²) in [6, 6.07) is -0.00719. The summed E-state index contributed by atoms with van der Waals surface area (Å²) in [6.45, 7) is 0.0801. The van der Waals surface area contributed by atoms with Gasteiger partial charge in [-0.15, -0.1) is 0 Å². The summed E-state index contributed by atoms with van der Waals surface area (Å²) in [5.41, 5.74) is 5.40. The van der Waals surface area contributed by atoms with Gasteiger partial charge in [-0.05, 0) is 12.8 Å². The highest BCUT2D eigenvalue weighted by Gasteiger charge is 2.32. The molecule has 0 spiro atoms. The quantitative estimate of drug-likeness (QED) is 0.788. The molecule has 0 aromatic rings. The maximum atomic E-state index is 12.1. The van der Waals surface area contributed by atoms with Crippen LogP contribution < -0.4 is 5.73 Å². The van der Waals surface area contributed by atoms with Crippen LogP contribution in [0.4, 0.5) is 13.2 Å². The molecule has 1 fully saturated rings. The van der Waals surface area contributed by atoms with Crippen molar-refractivity contribution in [1.82, 2.24) is 4.90 Å². The van der Waals surface area contributed by atoms with Gasteiger partial charge >= 0.3 is 6.18 Å². The van der Waals surface area contributed by atoms with Crippen LogP contribution in [0.5, 0.6) is 0 Å². The van der Waals surface area contributed by atoms with Crippen LogP contribution >= 0.6 is 12.2 Å². The van der Waals surface area contributed by atoms with Gasteiger partial charge in [0.25, 0.3) is 0 Å². The van der Waals surface area contributed by atoms with Gasteiger partial charge in [0.15, 0.2) is 0 Å². The zero-order chi connectivity index (χ0) is 13.8. The standard InChI is InChI=1S/C11H17F3N2OS/c12-11(13,14)6-5-10(17)16(7-9(15)18)8-3-1-2-4-8/h8H,1-7H2,(H2,15,18). The third-order valence-electron chi connectivity index (χ3n) is 3.03. The Hall–Kier alpha value is -0.850. The summed E-state index contributed by atoms with van der Waals surface area (Å²) in [6.07, 6.45) is -2.30. The number of hydrogen-bond donors (Lipinski definition) is 1. The highest BCUT2D eigenvalue weighted by atomic mass is 32.1. The third kappa shape index (κ3) is 5.20. The van der Waals surface area contributed by atoms with Crippen molar-refractivity contribution < 1.29 is 18.0 Å². The number of nitrogens with zero attached hydrogens (tertiary/aromatic N) is 1. The first-order valence-electron chi connectivity index (χ1n) is 5.94. The van der Waals surface area contributed by atoms with E-state index in [1.807, 2.05) is 0 Å². The van der Waals surface area contributed by atoms with Crippen molar-refractivity contribution in [1.29, 1.82) is 0 Å². The summed E-state index contributed by atoms with van der Waals surface area (Å²) in [7, 11) is 0. The van der Waals surface area contributed by atoms with Gasteiger partial charge < -0.3 is 10.6 Å². The lowest BCUT2D eigenvalue weighted by Crippen LogP contribution is -2.43. The molecule has 0 aromatic carbocycles. The second kappa shape index (κ2) is 6.36. The summed E-state index contributed by atoms with van der Waals surface area (Å²) in [5.74, 6) is -0.507. The smallest absolute Gasteiger partial charge is 0.389 e. The largest absolute Gasteiger partial charge is 0.392 e. The number of amides is 1. The molecule has 0 radical (unpaired) electrons. The lowest BCUT2D eigenvalue weighted by atomic mass is 10.1. The van der Waals surface area contributed by atoms with Crippen molar-refractivity contribution in [2.24, 2.45) is 5.73 Å². The first-order valence-corrected chi connectivity index (χ1v) is 6.35. The van der Waals surface area contributed by atoms with Crippen LogP contribution in [0, 0.1) is 0 Å². The Kier molecular flexibility index (Phi) is 5.37. The molecular formula is C11H17F3N2OS. The molecular weight excluding hydrogens is 265 g/mol. The third-order valence-corrected chi connectivity index (χ3v) is 3.16. The van der Waals surface area contributed by atoms with Gasteiger partial charge in [-0.3, -0.25) is 4.79 Å². The Morgan fingerprint density at radius 2 is 1.89 bits per heavy atom. The van der Waals surface area contributed by atoms with E-state index in [4.69, 9.17) is 18.0 Å². The van der Waals surface area contributed by atoms with Gasteiger partial charge in [-0.1, -0.05) is 25.1 Å². The highest BCUT2D eigenvalue weighted by molar-refractivity contribution is 7.80. The number of hydrogen-bond acceptors (Lipinski definition) is 2. The molecule has 0 bridgehead atoms. The van der Waals surface area contributed by atoms with E-state index in [9.17, 15) is 18.0 Å². The molecule has 104 valence electrons. The first-order chi connectivity index (χ1) is 8.29. The fourth-order valence-corrected chi connectivity index (χ4v) is 2.34. The van der Waals surface area contributed by atoms with E-state index in [0.29, 0.717) is 0 Å². The first kappa shape index (κ1) is 15.2. The number of rotatable bonds is 5. The molecule has 0 aliphatic heterocycles. The molecule has 1 amide bonds. The molecule has 0 atom stereocenters. The molecule has 1 aliphatic rings. The molecule has 2 N–H and O–H groups in total. The average Bonchev–Trinajstić information content (AvgIpc) is 2.74. The van der Waals surface area contributed by atoms with Crippen LogP contribution in [0.1, 0.15) is 38.5 Å². The Morgan fingerprint density at radius 3 is 2.33 bits per heavy atom. The molecule has 0 heterocycles. The van der Waals surface area contributed by atoms with E-state index in [1.165, 1.54) is 4.90 Å². The number of carbonyl (C=O) groups excluding carboxylic acids is 1. The molecule has 1 saturated carbocycles. The Morgan fingerprint density at radius 1 is 1.33 bits per heavy atom. The molecule has 0 saturated heterocycles. The van der Waals surface area contributed by atoms with Crippen molar-refractivity contribution in [2.75, 3.05) is 6.54 Å².